The van der Waals surface area contributed by atoms with Crippen LogP contribution in [0.4, 0.5) is 0 Å². The lowest BCUT2D eigenvalue weighted by Gasteiger charge is -2.02. The molecule has 0 unspecified atom stereocenters. The molecule has 3 nitrogen and oxygen atoms in total. The van der Waals surface area contributed by atoms with Crippen LogP contribution in [0.2, 0.25) is 0 Å². The largest absolute Gasteiger partial charge is 0.320 e. The van der Waals surface area contributed by atoms with E-state index in [1.54, 1.807) is 17.8 Å². The molecule has 1 heterocycles. The third-order valence-electron chi connectivity index (χ3n) is 1.24. The third kappa shape index (κ3) is 2.54. The predicted molar refractivity (Wildman–Crippen MR) is 55.7 cm³/mol. The summed E-state index contributed by atoms with van der Waals surface area (Å²) in [7, 11) is 0. The van der Waals surface area contributed by atoms with Gasteiger partial charge in [0.2, 0.25) is 0 Å². The van der Waals surface area contributed by atoms with Gasteiger partial charge in [-0.25, -0.2) is 4.99 Å². The first-order valence-corrected chi connectivity index (χ1v) is 4.61. The first-order chi connectivity index (χ1) is 5.86. The molecule has 0 aromatic carbocycles. The highest BCUT2D eigenvalue weighted by Gasteiger charge is 2.06. The van der Waals surface area contributed by atoms with Crippen molar-refractivity contribution in [1.29, 1.82) is 0 Å². The van der Waals surface area contributed by atoms with Gasteiger partial charge in [0.15, 0.2) is 5.17 Å². The van der Waals surface area contributed by atoms with Crippen LogP contribution < -0.4 is 5.32 Å². The first-order valence-electron chi connectivity index (χ1n) is 3.62. The normalized spacial score (nSPS) is 17.0. The Morgan fingerprint density at radius 3 is 3.00 bits per heavy atom. The minimum absolute atomic E-state index is 0.693. The summed E-state index contributed by atoms with van der Waals surface area (Å²) in [6.45, 7) is 8.00. The molecule has 0 radical (unpaired) electrons. The highest BCUT2D eigenvalue weighted by atomic mass is 32.2. The quantitative estimate of drug-likeness (QED) is 0.516. The van der Waals surface area contributed by atoms with Crippen molar-refractivity contribution in [3.8, 4) is 0 Å². The number of aliphatic imine (C=N–C) groups is 2. The van der Waals surface area contributed by atoms with Gasteiger partial charge in [-0.1, -0.05) is 24.9 Å². The molecule has 0 atom stereocenters. The van der Waals surface area contributed by atoms with Gasteiger partial charge in [0.25, 0.3) is 0 Å². The van der Waals surface area contributed by atoms with Crippen LogP contribution in [-0.4, -0.2) is 23.3 Å². The Bertz CT molecular complexity index is 243. The van der Waals surface area contributed by atoms with E-state index >= 15 is 0 Å². The zero-order valence-corrected chi connectivity index (χ0v) is 7.60. The molecule has 0 aliphatic carbocycles. The molecule has 64 valence electrons. The molecule has 1 aliphatic heterocycles. The smallest absolute Gasteiger partial charge is 0.162 e. The number of nitrogens with zero attached hydrogens (tertiary/aromatic N) is 2. The predicted octanol–water partition coefficient (Wildman–Crippen LogP) is 1.41. The molecule has 12 heavy (non-hydrogen) atoms. The molecule has 4 heteroatoms. The van der Waals surface area contributed by atoms with Crippen LogP contribution in [0.25, 0.3) is 0 Å². The van der Waals surface area contributed by atoms with E-state index in [2.05, 4.69) is 28.5 Å². The fraction of sp³-hybridized carbons (Fsp3) is 0.250. The van der Waals surface area contributed by atoms with Crippen molar-refractivity contribution >= 4 is 22.8 Å². The van der Waals surface area contributed by atoms with Gasteiger partial charge in [-0.05, 0) is 6.08 Å². The average molecular weight is 181 g/mol. The average Bonchev–Trinajstić information content (AvgIpc) is 2.56. The van der Waals surface area contributed by atoms with Crippen molar-refractivity contribution in [3.05, 3.63) is 25.4 Å². The number of hydrogen-bond acceptors (Lipinski definition) is 3. The first kappa shape index (κ1) is 9.06. The van der Waals surface area contributed by atoms with Gasteiger partial charge in [-0.2, -0.15) is 0 Å². The summed E-state index contributed by atoms with van der Waals surface area (Å²) in [6.07, 6.45) is 3.12. The van der Waals surface area contributed by atoms with Gasteiger partial charge in [-0.15, -0.1) is 0 Å². The molecule has 0 saturated heterocycles. The fourth-order valence-electron chi connectivity index (χ4n) is 0.755. The van der Waals surface area contributed by atoms with Crippen LogP contribution in [0.3, 0.4) is 0 Å². The summed E-state index contributed by atoms with van der Waals surface area (Å²) in [5.41, 5.74) is 0. The summed E-state index contributed by atoms with van der Waals surface area (Å²) in [5, 5.41) is 3.95. The Balaban J connectivity index is 2.52. The SMILES string of the molecule is C=CN=C(C=C)NC1=NCCS1. The van der Waals surface area contributed by atoms with Crippen molar-refractivity contribution in [2.24, 2.45) is 9.98 Å². The summed E-state index contributed by atoms with van der Waals surface area (Å²) in [4.78, 5) is 8.17. The van der Waals surface area contributed by atoms with E-state index in [-0.39, 0.29) is 0 Å². The molecule has 0 bridgehead atoms. The minimum Gasteiger partial charge on any atom is -0.320 e. The van der Waals surface area contributed by atoms with E-state index in [1.165, 1.54) is 6.20 Å². The van der Waals surface area contributed by atoms with Gasteiger partial charge >= 0.3 is 0 Å². The van der Waals surface area contributed by atoms with Gasteiger partial charge in [0.05, 0.1) is 6.54 Å². The number of thioether (sulfide) groups is 1. The van der Waals surface area contributed by atoms with E-state index in [0.29, 0.717) is 5.84 Å². The second kappa shape index (κ2) is 4.77. The Morgan fingerprint density at radius 1 is 1.67 bits per heavy atom. The Labute approximate surface area is 76.4 Å². The highest BCUT2D eigenvalue weighted by molar-refractivity contribution is 8.14. The maximum Gasteiger partial charge on any atom is 0.162 e. The van der Waals surface area contributed by atoms with Gasteiger partial charge < -0.3 is 5.32 Å². The highest BCUT2D eigenvalue weighted by Crippen LogP contribution is 2.08. The van der Waals surface area contributed by atoms with Crippen molar-refractivity contribution < 1.29 is 0 Å². The topological polar surface area (TPSA) is 36.8 Å². The van der Waals surface area contributed by atoms with Crippen molar-refractivity contribution in [2.45, 2.75) is 0 Å². The molecule has 1 N–H and O–H groups in total. The van der Waals surface area contributed by atoms with Crippen LogP contribution in [0.5, 0.6) is 0 Å². The van der Waals surface area contributed by atoms with E-state index < -0.39 is 0 Å². The lowest BCUT2D eigenvalue weighted by atomic mass is 10.5. The molecule has 0 saturated carbocycles. The molecular weight excluding hydrogens is 170 g/mol. The second-order valence-corrected chi connectivity index (χ2v) is 3.14. The standard InChI is InChI=1S/C8H11N3S/c1-3-7(9-4-2)11-8-10-5-6-12-8/h3-4H,1-2,5-6H2,(H,9,10,11). The summed E-state index contributed by atoms with van der Waals surface area (Å²) < 4.78 is 0. The van der Waals surface area contributed by atoms with Crippen LogP contribution in [0, 0.1) is 0 Å². The monoisotopic (exact) mass is 181 g/mol. The van der Waals surface area contributed by atoms with Crippen LogP contribution in [-0.2, 0) is 0 Å². The van der Waals surface area contributed by atoms with Crippen molar-refractivity contribution in [3.63, 3.8) is 0 Å². The molecule has 0 fully saturated rings. The van der Waals surface area contributed by atoms with Crippen LogP contribution in [0.15, 0.2) is 35.4 Å². The van der Waals surface area contributed by atoms with E-state index in [1.807, 2.05) is 0 Å². The number of nitrogens with one attached hydrogen (secondary N) is 1. The molecule has 0 aromatic rings. The summed E-state index contributed by atoms with van der Waals surface area (Å²) >= 11 is 1.69. The molecular formula is C8H11N3S. The lowest BCUT2D eigenvalue weighted by Crippen LogP contribution is -2.25. The molecule has 1 aliphatic rings. The Kier molecular flexibility index (Phi) is 3.60. The van der Waals surface area contributed by atoms with Gasteiger partial charge in [0, 0.05) is 12.0 Å². The van der Waals surface area contributed by atoms with Crippen LogP contribution in [0.1, 0.15) is 0 Å². The molecule has 0 spiro atoms. The Morgan fingerprint density at radius 2 is 2.50 bits per heavy atom. The molecule has 0 aromatic heterocycles. The molecule has 0 amide bonds. The maximum atomic E-state index is 4.21. The zero-order valence-electron chi connectivity index (χ0n) is 6.79. The van der Waals surface area contributed by atoms with Crippen molar-refractivity contribution in [2.75, 3.05) is 12.3 Å². The van der Waals surface area contributed by atoms with Crippen LogP contribution >= 0.6 is 11.8 Å². The van der Waals surface area contributed by atoms with Gasteiger partial charge in [-0.3, -0.25) is 4.99 Å². The molecule has 1 rings (SSSR count). The van der Waals surface area contributed by atoms with Crippen molar-refractivity contribution in [1.82, 2.24) is 5.32 Å². The second-order valence-electron chi connectivity index (χ2n) is 2.06. The van der Waals surface area contributed by atoms with Gasteiger partial charge in [0.1, 0.15) is 5.84 Å². The van der Waals surface area contributed by atoms with E-state index in [4.69, 9.17) is 0 Å². The minimum atomic E-state index is 0.693. The third-order valence-corrected chi connectivity index (χ3v) is 2.14. The summed E-state index contributed by atoms with van der Waals surface area (Å²) in [5.74, 6) is 1.74. The zero-order chi connectivity index (χ0) is 8.81. The number of hydrogen-bond donors (Lipinski definition) is 1. The lowest BCUT2D eigenvalue weighted by molar-refractivity contribution is 1.16. The van der Waals surface area contributed by atoms with E-state index in [9.17, 15) is 0 Å². The Hall–Kier alpha value is -1.03. The maximum absolute atomic E-state index is 4.21. The fourth-order valence-corrected chi connectivity index (χ4v) is 1.49. The number of amidine groups is 2. The van der Waals surface area contributed by atoms with E-state index in [0.717, 1.165) is 17.5 Å². The summed E-state index contributed by atoms with van der Waals surface area (Å²) in [6, 6.07) is 0. The number of rotatable bonds is 2.